The molecule has 0 unspecified atom stereocenters. The van der Waals surface area contributed by atoms with Gasteiger partial charge in [-0.05, 0) is 37.9 Å². The van der Waals surface area contributed by atoms with Crippen LogP contribution >= 0.6 is 0 Å². The molecule has 5 heteroatoms. The van der Waals surface area contributed by atoms with Gasteiger partial charge in [-0.3, -0.25) is 4.68 Å². The molecule has 2 heterocycles. The van der Waals surface area contributed by atoms with Crippen LogP contribution in [-0.2, 0) is 13.1 Å². The predicted molar refractivity (Wildman–Crippen MR) is 83.6 cm³/mol. The fraction of sp³-hybridized carbons (Fsp3) is 0.500. The lowest BCUT2D eigenvalue weighted by atomic mass is 10.2. The van der Waals surface area contributed by atoms with Gasteiger partial charge in [-0.1, -0.05) is 13.8 Å². The van der Waals surface area contributed by atoms with Crippen molar-refractivity contribution in [3.63, 3.8) is 0 Å². The molecule has 0 saturated carbocycles. The minimum absolute atomic E-state index is 0.644. The number of ether oxygens (including phenoxy) is 1. The molecule has 2 aromatic heterocycles. The van der Waals surface area contributed by atoms with Crippen LogP contribution in [0.5, 0.6) is 11.6 Å². The second kappa shape index (κ2) is 7.78. The van der Waals surface area contributed by atoms with E-state index in [1.165, 1.54) is 5.56 Å². The number of pyridine rings is 1. The Morgan fingerprint density at radius 2 is 2.10 bits per heavy atom. The molecule has 0 spiro atoms. The number of aryl methyl sites for hydroxylation is 2. The van der Waals surface area contributed by atoms with Crippen molar-refractivity contribution in [2.24, 2.45) is 0 Å². The van der Waals surface area contributed by atoms with Gasteiger partial charge in [0.2, 0.25) is 5.88 Å². The molecule has 0 saturated heterocycles. The molecule has 0 aliphatic rings. The first-order chi connectivity index (χ1) is 10.2. The Morgan fingerprint density at radius 3 is 2.81 bits per heavy atom. The first-order valence-corrected chi connectivity index (χ1v) is 7.59. The van der Waals surface area contributed by atoms with Crippen LogP contribution in [0.1, 0.15) is 37.8 Å². The summed E-state index contributed by atoms with van der Waals surface area (Å²) in [6, 6.07) is 2.11. The smallest absolute Gasteiger partial charge is 0.222 e. The van der Waals surface area contributed by atoms with E-state index in [2.05, 4.69) is 35.3 Å². The van der Waals surface area contributed by atoms with E-state index in [-0.39, 0.29) is 0 Å². The summed E-state index contributed by atoms with van der Waals surface area (Å²) in [7, 11) is 0. The topological polar surface area (TPSA) is 52.0 Å². The zero-order chi connectivity index (χ0) is 15.1. The average molecular weight is 288 g/mol. The standard InChI is InChI=1S/C16H24N4O/c1-4-6-17-9-14-8-13(3)16(18-10-14)21-15-11-19-20(12-15)7-5-2/h8,10-12,17H,4-7,9H2,1-3H3. The molecular formula is C16H24N4O. The van der Waals surface area contributed by atoms with Gasteiger partial charge >= 0.3 is 0 Å². The number of rotatable bonds is 8. The third-order valence-corrected chi connectivity index (χ3v) is 3.12. The maximum absolute atomic E-state index is 5.80. The first-order valence-electron chi connectivity index (χ1n) is 7.59. The first kappa shape index (κ1) is 15.5. The van der Waals surface area contributed by atoms with Gasteiger partial charge in [0.1, 0.15) is 0 Å². The fourth-order valence-corrected chi connectivity index (χ4v) is 2.09. The van der Waals surface area contributed by atoms with Crippen molar-refractivity contribution in [2.45, 2.75) is 46.7 Å². The van der Waals surface area contributed by atoms with Crippen molar-refractivity contribution in [3.8, 4) is 11.6 Å². The van der Waals surface area contributed by atoms with Gasteiger partial charge in [-0.2, -0.15) is 5.10 Å². The molecule has 0 aliphatic heterocycles. The summed E-state index contributed by atoms with van der Waals surface area (Å²) in [4.78, 5) is 4.41. The highest BCUT2D eigenvalue weighted by molar-refractivity contribution is 5.32. The molecule has 0 aromatic carbocycles. The molecule has 0 amide bonds. The molecule has 114 valence electrons. The van der Waals surface area contributed by atoms with Gasteiger partial charge in [-0.25, -0.2) is 4.98 Å². The molecule has 0 fully saturated rings. The zero-order valence-corrected chi connectivity index (χ0v) is 13.1. The van der Waals surface area contributed by atoms with Crippen molar-refractivity contribution in [1.82, 2.24) is 20.1 Å². The molecule has 2 aromatic rings. The van der Waals surface area contributed by atoms with Crippen molar-refractivity contribution in [2.75, 3.05) is 6.54 Å². The van der Waals surface area contributed by atoms with Crippen molar-refractivity contribution < 1.29 is 4.74 Å². The van der Waals surface area contributed by atoms with Crippen molar-refractivity contribution in [3.05, 3.63) is 35.8 Å². The van der Waals surface area contributed by atoms with Crippen LogP contribution in [0.4, 0.5) is 0 Å². The van der Waals surface area contributed by atoms with E-state index < -0.39 is 0 Å². The highest BCUT2D eigenvalue weighted by Crippen LogP contribution is 2.22. The molecule has 21 heavy (non-hydrogen) atoms. The van der Waals surface area contributed by atoms with E-state index >= 15 is 0 Å². The maximum Gasteiger partial charge on any atom is 0.222 e. The molecule has 5 nitrogen and oxygen atoms in total. The molecule has 0 aliphatic carbocycles. The zero-order valence-electron chi connectivity index (χ0n) is 13.1. The molecule has 0 atom stereocenters. The SMILES string of the molecule is CCCNCc1cnc(Oc2cnn(CCC)c2)c(C)c1. The summed E-state index contributed by atoms with van der Waals surface area (Å²) in [6.45, 7) is 9.07. The van der Waals surface area contributed by atoms with E-state index in [0.717, 1.165) is 43.8 Å². The van der Waals surface area contributed by atoms with Crippen molar-refractivity contribution >= 4 is 0 Å². The third-order valence-electron chi connectivity index (χ3n) is 3.12. The lowest BCUT2D eigenvalue weighted by Crippen LogP contribution is -2.14. The van der Waals surface area contributed by atoms with Gasteiger partial charge in [0.15, 0.2) is 5.75 Å². The highest BCUT2D eigenvalue weighted by Gasteiger charge is 2.06. The van der Waals surface area contributed by atoms with Crippen LogP contribution in [0.25, 0.3) is 0 Å². The van der Waals surface area contributed by atoms with Crippen LogP contribution in [0, 0.1) is 6.92 Å². The number of nitrogens with one attached hydrogen (secondary N) is 1. The predicted octanol–water partition coefficient (Wildman–Crippen LogP) is 3.29. The van der Waals surface area contributed by atoms with Gasteiger partial charge in [0, 0.05) is 24.8 Å². The van der Waals surface area contributed by atoms with Gasteiger partial charge in [0.05, 0.1) is 12.4 Å². The molecule has 2 rings (SSSR count). The second-order valence-corrected chi connectivity index (χ2v) is 5.18. The minimum Gasteiger partial charge on any atom is -0.435 e. The van der Waals surface area contributed by atoms with Gasteiger partial charge in [0.25, 0.3) is 0 Å². The minimum atomic E-state index is 0.644. The Balaban J connectivity index is 1.99. The summed E-state index contributed by atoms with van der Waals surface area (Å²) in [5.74, 6) is 1.38. The summed E-state index contributed by atoms with van der Waals surface area (Å²) < 4.78 is 7.68. The van der Waals surface area contributed by atoms with E-state index in [4.69, 9.17) is 4.74 Å². The van der Waals surface area contributed by atoms with Gasteiger partial charge in [-0.15, -0.1) is 0 Å². The van der Waals surface area contributed by atoms with E-state index in [1.807, 2.05) is 24.0 Å². The van der Waals surface area contributed by atoms with Gasteiger partial charge < -0.3 is 10.1 Å². The van der Waals surface area contributed by atoms with E-state index in [0.29, 0.717) is 5.88 Å². The monoisotopic (exact) mass is 288 g/mol. The Bertz CT molecular complexity index is 565. The number of nitrogens with zero attached hydrogens (tertiary/aromatic N) is 3. The third kappa shape index (κ3) is 4.56. The summed E-state index contributed by atoms with van der Waals surface area (Å²) >= 11 is 0. The lowest BCUT2D eigenvalue weighted by Gasteiger charge is -2.08. The van der Waals surface area contributed by atoms with E-state index in [1.54, 1.807) is 6.20 Å². The van der Waals surface area contributed by atoms with Crippen LogP contribution in [0.2, 0.25) is 0 Å². The Hall–Kier alpha value is -1.88. The second-order valence-electron chi connectivity index (χ2n) is 5.18. The lowest BCUT2D eigenvalue weighted by molar-refractivity contribution is 0.456. The Morgan fingerprint density at radius 1 is 1.24 bits per heavy atom. The quantitative estimate of drug-likeness (QED) is 0.757. The highest BCUT2D eigenvalue weighted by atomic mass is 16.5. The summed E-state index contributed by atoms with van der Waals surface area (Å²) in [5.41, 5.74) is 2.21. The Kier molecular flexibility index (Phi) is 5.75. The molecule has 1 N–H and O–H groups in total. The van der Waals surface area contributed by atoms with Crippen molar-refractivity contribution in [1.29, 1.82) is 0 Å². The molecular weight excluding hydrogens is 264 g/mol. The summed E-state index contributed by atoms with van der Waals surface area (Å²) in [5, 5.41) is 7.62. The normalized spacial score (nSPS) is 10.8. The number of hydrogen-bond acceptors (Lipinski definition) is 4. The largest absolute Gasteiger partial charge is 0.435 e. The average Bonchev–Trinajstić information content (AvgIpc) is 2.90. The number of aromatic nitrogens is 3. The number of hydrogen-bond donors (Lipinski definition) is 1. The van der Waals surface area contributed by atoms with Crippen LogP contribution in [-0.4, -0.2) is 21.3 Å². The van der Waals surface area contributed by atoms with Crippen LogP contribution in [0.3, 0.4) is 0 Å². The maximum atomic E-state index is 5.80. The van der Waals surface area contributed by atoms with E-state index in [9.17, 15) is 0 Å². The Labute approximate surface area is 126 Å². The van der Waals surface area contributed by atoms with Crippen LogP contribution in [0.15, 0.2) is 24.7 Å². The molecule has 0 radical (unpaired) electrons. The fourth-order valence-electron chi connectivity index (χ4n) is 2.09. The molecule has 0 bridgehead atoms. The summed E-state index contributed by atoms with van der Waals surface area (Å²) in [6.07, 6.45) is 7.68. The van der Waals surface area contributed by atoms with Crippen LogP contribution < -0.4 is 10.1 Å².